The van der Waals surface area contributed by atoms with Crippen LogP contribution in [0.25, 0.3) is 0 Å². The first-order valence-electron chi connectivity index (χ1n) is 8.68. The number of likely N-dealkylation sites (tertiary alicyclic amines) is 1. The number of pyridine rings is 1. The standard InChI is InChI=1S/C20H25N3O/c1-16-5-4-6-17(13-16)15-23-19(8-9-20(23)24)10-12-21-14-18-7-2-3-11-22-18/h2-7,11,13,19,21H,8-10,12,14-15H2,1H3. The fraction of sp³-hybridized carbons (Fsp3) is 0.400. The Kier molecular flexibility index (Phi) is 5.59. The number of hydrogen-bond donors (Lipinski definition) is 1. The van der Waals surface area contributed by atoms with Crippen molar-refractivity contribution in [1.82, 2.24) is 15.2 Å². The van der Waals surface area contributed by atoms with Crippen LogP contribution in [0.5, 0.6) is 0 Å². The highest BCUT2D eigenvalue weighted by Crippen LogP contribution is 2.23. The van der Waals surface area contributed by atoms with Gasteiger partial charge in [0.05, 0.1) is 5.69 Å². The van der Waals surface area contributed by atoms with Crippen LogP contribution in [-0.4, -0.2) is 28.4 Å². The number of nitrogens with zero attached hydrogens (tertiary/aromatic N) is 2. The average molecular weight is 323 g/mol. The van der Waals surface area contributed by atoms with Crippen LogP contribution in [0.4, 0.5) is 0 Å². The summed E-state index contributed by atoms with van der Waals surface area (Å²) < 4.78 is 0. The van der Waals surface area contributed by atoms with Gasteiger partial charge in [0.25, 0.3) is 0 Å². The van der Waals surface area contributed by atoms with Crippen molar-refractivity contribution in [2.45, 2.75) is 45.3 Å². The molecule has 0 radical (unpaired) electrons. The SMILES string of the molecule is Cc1cccc(CN2C(=O)CCC2CCNCc2ccccn2)c1. The first-order chi connectivity index (χ1) is 11.7. The zero-order valence-electron chi connectivity index (χ0n) is 14.2. The summed E-state index contributed by atoms with van der Waals surface area (Å²) in [4.78, 5) is 18.6. The average Bonchev–Trinajstić information content (AvgIpc) is 2.93. The third-order valence-corrected chi connectivity index (χ3v) is 4.57. The van der Waals surface area contributed by atoms with Crippen LogP contribution < -0.4 is 5.32 Å². The van der Waals surface area contributed by atoms with Crippen molar-refractivity contribution in [1.29, 1.82) is 0 Å². The van der Waals surface area contributed by atoms with Gasteiger partial charge in [0.2, 0.25) is 5.91 Å². The van der Waals surface area contributed by atoms with Crippen molar-refractivity contribution < 1.29 is 4.79 Å². The molecule has 1 aliphatic rings. The maximum Gasteiger partial charge on any atom is 0.223 e. The number of aromatic nitrogens is 1. The fourth-order valence-corrected chi connectivity index (χ4v) is 3.31. The van der Waals surface area contributed by atoms with E-state index in [0.717, 1.165) is 38.2 Å². The molecule has 4 nitrogen and oxygen atoms in total. The molecule has 1 aromatic carbocycles. The van der Waals surface area contributed by atoms with Crippen molar-refractivity contribution in [3.63, 3.8) is 0 Å². The van der Waals surface area contributed by atoms with E-state index in [1.165, 1.54) is 11.1 Å². The predicted octanol–water partition coefficient (Wildman–Crippen LogP) is 3.06. The number of benzene rings is 1. The van der Waals surface area contributed by atoms with Gasteiger partial charge in [-0.2, -0.15) is 0 Å². The summed E-state index contributed by atoms with van der Waals surface area (Å²) in [5, 5.41) is 3.44. The van der Waals surface area contributed by atoms with E-state index < -0.39 is 0 Å². The molecule has 3 rings (SSSR count). The minimum atomic E-state index is 0.284. The van der Waals surface area contributed by atoms with Crippen molar-refractivity contribution in [3.8, 4) is 0 Å². The van der Waals surface area contributed by atoms with Gasteiger partial charge in [-0.1, -0.05) is 35.9 Å². The topological polar surface area (TPSA) is 45.2 Å². The number of amides is 1. The van der Waals surface area contributed by atoms with Crippen molar-refractivity contribution >= 4 is 5.91 Å². The van der Waals surface area contributed by atoms with E-state index in [0.29, 0.717) is 12.5 Å². The van der Waals surface area contributed by atoms with Gasteiger partial charge in [0.1, 0.15) is 0 Å². The second-order valence-electron chi connectivity index (χ2n) is 6.49. The molecule has 1 saturated heterocycles. The monoisotopic (exact) mass is 323 g/mol. The Balaban J connectivity index is 1.50. The maximum atomic E-state index is 12.2. The van der Waals surface area contributed by atoms with E-state index in [4.69, 9.17) is 0 Å². The molecule has 0 saturated carbocycles. The molecule has 1 unspecified atom stereocenters. The van der Waals surface area contributed by atoms with Gasteiger partial charge in [-0.25, -0.2) is 0 Å². The first kappa shape index (κ1) is 16.7. The quantitative estimate of drug-likeness (QED) is 0.797. The lowest BCUT2D eigenvalue weighted by Gasteiger charge is -2.25. The van der Waals surface area contributed by atoms with Gasteiger partial charge < -0.3 is 10.2 Å². The van der Waals surface area contributed by atoms with Crippen LogP contribution in [0.15, 0.2) is 48.7 Å². The Bertz CT molecular complexity index is 672. The van der Waals surface area contributed by atoms with Gasteiger partial charge in [0, 0.05) is 31.7 Å². The van der Waals surface area contributed by atoms with E-state index in [1.807, 2.05) is 24.4 Å². The molecule has 126 valence electrons. The summed E-state index contributed by atoms with van der Waals surface area (Å²) in [6.07, 6.45) is 4.45. The second kappa shape index (κ2) is 8.06. The molecule has 0 aliphatic carbocycles. The number of carbonyl (C=O) groups excluding carboxylic acids is 1. The summed E-state index contributed by atoms with van der Waals surface area (Å²) in [5.74, 6) is 0.284. The summed E-state index contributed by atoms with van der Waals surface area (Å²) in [5.41, 5.74) is 3.51. The highest BCUT2D eigenvalue weighted by atomic mass is 16.2. The molecule has 1 N–H and O–H groups in total. The second-order valence-corrected chi connectivity index (χ2v) is 6.49. The minimum absolute atomic E-state index is 0.284. The largest absolute Gasteiger partial charge is 0.335 e. The van der Waals surface area contributed by atoms with Crippen LogP contribution >= 0.6 is 0 Å². The lowest BCUT2D eigenvalue weighted by atomic mass is 10.1. The zero-order valence-corrected chi connectivity index (χ0v) is 14.2. The number of hydrogen-bond acceptors (Lipinski definition) is 3. The molecule has 0 bridgehead atoms. The Morgan fingerprint density at radius 2 is 2.17 bits per heavy atom. The zero-order chi connectivity index (χ0) is 16.8. The summed E-state index contributed by atoms with van der Waals surface area (Å²) >= 11 is 0. The van der Waals surface area contributed by atoms with E-state index >= 15 is 0 Å². The van der Waals surface area contributed by atoms with E-state index in [2.05, 4.69) is 46.4 Å². The summed E-state index contributed by atoms with van der Waals surface area (Å²) in [7, 11) is 0. The van der Waals surface area contributed by atoms with Gasteiger partial charge in [-0.15, -0.1) is 0 Å². The molecular weight excluding hydrogens is 298 g/mol. The molecular formula is C20H25N3O. The molecule has 24 heavy (non-hydrogen) atoms. The van der Waals surface area contributed by atoms with E-state index in [9.17, 15) is 4.79 Å². The van der Waals surface area contributed by atoms with E-state index in [1.54, 1.807) is 0 Å². The van der Waals surface area contributed by atoms with Gasteiger partial charge >= 0.3 is 0 Å². The number of rotatable bonds is 7. The van der Waals surface area contributed by atoms with Crippen LogP contribution in [0, 0.1) is 6.92 Å². The number of carbonyl (C=O) groups is 1. The number of nitrogens with one attached hydrogen (secondary N) is 1. The number of aryl methyl sites for hydroxylation is 1. The summed E-state index contributed by atoms with van der Waals surface area (Å²) in [6.45, 7) is 4.50. The van der Waals surface area contributed by atoms with Crippen LogP contribution in [0.3, 0.4) is 0 Å². The highest BCUT2D eigenvalue weighted by molar-refractivity contribution is 5.78. The first-order valence-corrected chi connectivity index (χ1v) is 8.68. The van der Waals surface area contributed by atoms with Crippen molar-refractivity contribution in [3.05, 3.63) is 65.5 Å². The normalized spacial score (nSPS) is 17.5. The molecule has 4 heteroatoms. The lowest BCUT2D eigenvalue weighted by Crippen LogP contribution is -2.34. The lowest BCUT2D eigenvalue weighted by molar-refractivity contribution is -0.129. The Morgan fingerprint density at radius 3 is 2.96 bits per heavy atom. The smallest absolute Gasteiger partial charge is 0.223 e. The highest BCUT2D eigenvalue weighted by Gasteiger charge is 2.30. The van der Waals surface area contributed by atoms with Crippen molar-refractivity contribution in [2.24, 2.45) is 0 Å². The predicted molar refractivity (Wildman–Crippen MR) is 95.3 cm³/mol. The molecule has 1 amide bonds. The Hall–Kier alpha value is -2.20. The molecule has 2 aromatic rings. The van der Waals surface area contributed by atoms with Crippen molar-refractivity contribution in [2.75, 3.05) is 6.54 Å². The van der Waals surface area contributed by atoms with Crippen LogP contribution in [-0.2, 0) is 17.9 Å². The molecule has 1 aliphatic heterocycles. The van der Waals surface area contributed by atoms with Gasteiger partial charge in [0.15, 0.2) is 0 Å². The Morgan fingerprint density at radius 1 is 1.25 bits per heavy atom. The maximum absolute atomic E-state index is 12.2. The van der Waals surface area contributed by atoms with Crippen LogP contribution in [0.2, 0.25) is 0 Å². The van der Waals surface area contributed by atoms with Crippen LogP contribution in [0.1, 0.15) is 36.1 Å². The van der Waals surface area contributed by atoms with Gasteiger partial charge in [-0.05, 0) is 44.0 Å². The molecule has 1 aromatic heterocycles. The third kappa shape index (κ3) is 4.42. The Labute approximate surface area is 143 Å². The molecule has 1 fully saturated rings. The van der Waals surface area contributed by atoms with Gasteiger partial charge in [-0.3, -0.25) is 9.78 Å². The molecule has 2 heterocycles. The molecule has 0 spiro atoms. The minimum Gasteiger partial charge on any atom is -0.335 e. The third-order valence-electron chi connectivity index (χ3n) is 4.57. The van der Waals surface area contributed by atoms with E-state index in [-0.39, 0.29) is 5.91 Å². The fourth-order valence-electron chi connectivity index (χ4n) is 3.31. The summed E-state index contributed by atoms with van der Waals surface area (Å²) in [6, 6.07) is 14.7. The molecule has 1 atom stereocenters.